The van der Waals surface area contributed by atoms with Crippen LogP contribution in [-0.2, 0) is 0 Å². The molecule has 0 aliphatic rings. The van der Waals surface area contributed by atoms with Crippen molar-refractivity contribution in [3.8, 4) is 0 Å². The van der Waals surface area contributed by atoms with Crippen molar-refractivity contribution >= 4 is 33.4 Å². The number of hydrogen-bond donors (Lipinski definition) is 1. The first-order valence-corrected chi connectivity index (χ1v) is 5.19. The van der Waals surface area contributed by atoms with E-state index < -0.39 is 18.9 Å². The molecule has 1 N–H and O–H groups in total. The minimum atomic E-state index is -2.56. The maximum Gasteiger partial charge on any atom is 0.255 e. The van der Waals surface area contributed by atoms with Gasteiger partial charge in [-0.15, -0.1) is 0 Å². The summed E-state index contributed by atoms with van der Waals surface area (Å²) in [5.74, 6) is -0.565. The standard InChI is InChI=1S/C9H7BrClF2NO/c10-6-2-1-5(3-7(6)11)9(15)14-4-8(12)13/h1-3,8H,4H2,(H,14,15). The van der Waals surface area contributed by atoms with Crippen molar-refractivity contribution < 1.29 is 13.6 Å². The number of carbonyl (C=O) groups is 1. The number of alkyl halides is 2. The third-order valence-corrected chi connectivity index (χ3v) is 2.83. The fourth-order valence-corrected chi connectivity index (χ4v) is 1.34. The first-order valence-electron chi connectivity index (χ1n) is 4.02. The molecule has 0 radical (unpaired) electrons. The summed E-state index contributed by atoms with van der Waals surface area (Å²) in [4.78, 5) is 11.3. The molecule has 82 valence electrons. The molecule has 6 heteroatoms. The van der Waals surface area contributed by atoms with Gasteiger partial charge < -0.3 is 5.32 Å². The second-order valence-electron chi connectivity index (χ2n) is 2.73. The highest BCUT2D eigenvalue weighted by atomic mass is 79.9. The Kier molecular flexibility index (Phi) is 4.47. The van der Waals surface area contributed by atoms with Gasteiger partial charge in [0.15, 0.2) is 0 Å². The van der Waals surface area contributed by atoms with Crippen LogP contribution < -0.4 is 5.32 Å². The molecule has 0 spiro atoms. The van der Waals surface area contributed by atoms with E-state index in [9.17, 15) is 13.6 Å². The Labute approximate surface area is 98.7 Å². The largest absolute Gasteiger partial charge is 0.346 e. The Morgan fingerprint density at radius 1 is 1.53 bits per heavy atom. The van der Waals surface area contributed by atoms with E-state index in [1.165, 1.54) is 12.1 Å². The summed E-state index contributed by atoms with van der Waals surface area (Å²) in [6.07, 6.45) is -2.56. The van der Waals surface area contributed by atoms with Gasteiger partial charge in [0.2, 0.25) is 0 Å². The zero-order valence-corrected chi connectivity index (χ0v) is 9.78. The number of nitrogens with one attached hydrogen (secondary N) is 1. The molecule has 0 fully saturated rings. The Bertz CT molecular complexity index is 373. The summed E-state index contributed by atoms with van der Waals surface area (Å²) in [5, 5.41) is 2.44. The molecule has 0 unspecified atom stereocenters. The van der Waals surface area contributed by atoms with Gasteiger partial charge in [0.25, 0.3) is 12.3 Å². The van der Waals surface area contributed by atoms with E-state index in [1.807, 2.05) is 0 Å². The zero-order chi connectivity index (χ0) is 11.4. The SMILES string of the molecule is O=C(NCC(F)F)c1ccc(Br)c(Cl)c1. The van der Waals surface area contributed by atoms with Gasteiger partial charge in [0.1, 0.15) is 0 Å². The summed E-state index contributed by atoms with van der Waals surface area (Å²) < 4.78 is 24.3. The molecule has 1 rings (SSSR count). The molecule has 0 saturated heterocycles. The van der Waals surface area contributed by atoms with Crippen LogP contribution in [0.3, 0.4) is 0 Å². The molecule has 0 atom stereocenters. The molecule has 0 saturated carbocycles. The highest BCUT2D eigenvalue weighted by Crippen LogP contribution is 2.23. The number of hydrogen-bond acceptors (Lipinski definition) is 1. The molecular weight excluding hydrogens is 291 g/mol. The van der Waals surface area contributed by atoms with Crippen LogP contribution in [0.5, 0.6) is 0 Å². The number of benzene rings is 1. The average molecular weight is 299 g/mol. The second-order valence-corrected chi connectivity index (χ2v) is 3.99. The smallest absolute Gasteiger partial charge is 0.255 e. The fraction of sp³-hybridized carbons (Fsp3) is 0.222. The van der Waals surface area contributed by atoms with Crippen molar-refractivity contribution in [3.63, 3.8) is 0 Å². The van der Waals surface area contributed by atoms with E-state index in [0.29, 0.717) is 9.50 Å². The van der Waals surface area contributed by atoms with Gasteiger partial charge >= 0.3 is 0 Å². The first-order chi connectivity index (χ1) is 7.00. The third-order valence-electron chi connectivity index (χ3n) is 1.60. The minimum Gasteiger partial charge on any atom is -0.346 e. The maximum atomic E-state index is 11.8. The van der Waals surface area contributed by atoms with Crippen molar-refractivity contribution in [1.82, 2.24) is 5.32 Å². The van der Waals surface area contributed by atoms with E-state index in [0.717, 1.165) is 0 Å². The summed E-state index contributed by atoms with van der Waals surface area (Å²) >= 11 is 8.90. The molecule has 1 aromatic carbocycles. The lowest BCUT2D eigenvalue weighted by atomic mass is 10.2. The first kappa shape index (κ1) is 12.4. The lowest BCUT2D eigenvalue weighted by molar-refractivity contribution is 0.0891. The van der Waals surface area contributed by atoms with Crippen LogP contribution >= 0.6 is 27.5 Å². The predicted octanol–water partition coefficient (Wildman–Crippen LogP) is 3.10. The monoisotopic (exact) mass is 297 g/mol. The van der Waals surface area contributed by atoms with Crippen LogP contribution in [0.25, 0.3) is 0 Å². The van der Waals surface area contributed by atoms with Gasteiger partial charge in [-0.3, -0.25) is 4.79 Å². The Balaban J connectivity index is 2.70. The average Bonchev–Trinajstić information content (AvgIpc) is 2.18. The summed E-state index contributed by atoms with van der Waals surface area (Å²) in [6.45, 7) is -0.660. The molecule has 0 aliphatic carbocycles. The van der Waals surface area contributed by atoms with Gasteiger partial charge in [-0.2, -0.15) is 0 Å². The lowest BCUT2D eigenvalue weighted by Crippen LogP contribution is -2.28. The van der Waals surface area contributed by atoms with Gasteiger partial charge in [0.05, 0.1) is 11.6 Å². The Hall–Kier alpha value is -0.680. The van der Waals surface area contributed by atoms with E-state index in [2.05, 4.69) is 21.2 Å². The van der Waals surface area contributed by atoms with Gasteiger partial charge in [0, 0.05) is 10.0 Å². The van der Waals surface area contributed by atoms with Crippen LogP contribution in [0.1, 0.15) is 10.4 Å². The molecule has 0 bridgehead atoms. The van der Waals surface area contributed by atoms with E-state index in [-0.39, 0.29) is 5.56 Å². The van der Waals surface area contributed by atoms with Crippen LogP contribution in [0, 0.1) is 0 Å². The van der Waals surface area contributed by atoms with Crippen LogP contribution in [0.4, 0.5) is 8.78 Å². The molecule has 0 aliphatic heterocycles. The Morgan fingerprint density at radius 2 is 2.20 bits per heavy atom. The number of rotatable bonds is 3. The van der Waals surface area contributed by atoms with Crippen LogP contribution in [0.2, 0.25) is 5.02 Å². The molecule has 2 nitrogen and oxygen atoms in total. The molecule has 1 amide bonds. The molecule has 0 aromatic heterocycles. The Morgan fingerprint density at radius 3 is 2.73 bits per heavy atom. The topological polar surface area (TPSA) is 29.1 Å². The minimum absolute atomic E-state index is 0.254. The highest BCUT2D eigenvalue weighted by molar-refractivity contribution is 9.10. The van der Waals surface area contributed by atoms with Crippen molar-refractivity contribution in [2.75, 3.05) is 6.54 Å². The normalized spacial score (nSPS) is 10.5. The second kappa shape index (κ2) is 5.42. The quantitative estimate of drug-likeness (QED) is 0.913. The summed E-state index contributed by atoms with van der Waals surface area (Å²) in [7, 11) is 0. The highest BCUT2D eigenvalue weighted by Gasteiger charge is 2.09. The number of carbonyl (C=O) groups excluding carboxylic acids is 1. The van der Waals surface area contributed by atoms with Crippen molar-refractivity contribution in [3.05, 3.63) is 33.3 Å². The summed E-state index contributed by atoms with van der Waals surface area (Å²) in [5.41, 5.74) is 0.254. The van der Waals surface area contributed by atoms with Gasteiger partial charge in [-0.25, -0.2) is 8.78 Å². The molecule has 15 heavy (non-hydrogen) atoms. The van der Waals surface area contributed by atoms with Gasteiger partial charge in [-0.1, -0.05) is 11.6 Å². The number of halogens is 4. The number of amides is 1. The van der Waals surface area contributed by atoms with E-state index >= 15 is 0 Å². The molecule has 0 heterocycles. The van der Waals surface area contributed by atoms with Gasteiger partial charge in [-0.05, 0) is 34.1 Å². The third kappa shape index (κ3) is 3.76. The maximum absolute atomic E-state index is 11.8. The van der Waals surface area contributed by atoms with Crippen molar-refractivity contribution in [2.45, 2.75) is 6.43 Å². The molecular formula is C9H7BrClF2NO. The predicted molar refractivity (Wildman–Crippen MR) is 57.5 cm³/mol. The van der Waals surface area contributed by atoms with E-state index in [4.69, 9.17) is 11.6 Å². The lowest BCUT2D eigenvalue weighted by Gasteiger charge is -2.05. The molecule has 1 aromatic rings. The fourth-order valence-electron chi connectivity index (χ4n) is 0.909. The van der Waals surface area contributed by atoms with Crippen molar-refractivity contribution in [2.24, 2.45) is 0 Å². The summed E-state index contributed by atoms with van der Waals surface area (Å²) in [6, 6.07) is 4.49. The van der Waals surface area contributed by atoms with Crippen LogP contribution in [-0.4, -0.2) is 18.9 Å². The van der Waals surface area contributed by atoms with Crippen molar-refractivity contribution in [1.29, 1.82) is 0 Å². The van der Waals surface area contributed by atoms with Crippen LogP contribution in [0.15, 0.2) is 22.7 Å². The van der Waals surface area contributed by atoms with E-state index in [1.54, 1.807) is 6.07 Å². The zero-order valence-electron chi connectivity index (χ0n) is 7.44.